The highest BCUT2D eigenvalue weighted by Crippen LogP contribution is 2.43. The first-order valence-electron chi connectivity index (χ1n) is 45.3. The Morgan fingerprint density at radius 2 is 0.803 bits per heavy atom. The number of thioether (sulfide) groups is 2. The Hall–Kier alpha value is -12.7. The number of anilines is 1. The van der Waals surface area contributed by atoms with E-state index in [2.05, 4.69) is 74.4 Å². The number of hydrogen-bond acceptors (Lipinski definition) is 34. The molecule has 0 saturated heterocycles. The number of fused-ring (bicyclic) bond motifs is 2. The molecule has 0 aromatic heterocycles. The van der Waals surface area contributed by atoms with Crippen molar-refractivity contribution in [3.8, 4) is 28.2 Å². The van der Waals surface area contributed by atoms with Crippen LogP contribution in [0.1, 0.15) is 120 Å². The number of nitrogens with one attached hydrogen (secondary N) is 14. The van der Waals surface area contributed by atoms with Gasteiger partial charge in [0.1, 0.15) is 115 Å². The van der Waals surface area contributed by atoms with Crippen LogP contribution in [0.15, 0.2) is 110 Å². The van der Waals surface area contributed by atoms with Crippen LogP contribution >= 0.6 is 35.7 Å². The molecule has 1 heterocycles. The van der Waals surface area contributed by atoms with Crippen molar-refractivity contribution in [2.45, 2.75) is 219 Å². The predicted molar refractivity (Wildman–Crippen MR) is 509 cm³/mol. The molecule has 13 amide bonds. The van der Waals surface area contributed by atoms with Crippen molar-refractivity contribution in [2.24, 2.45) is 5.73 Å². The summed E-state index contributed by atoms with van der Waals surface area (Å²) in [6.45, 7) is -2.44. The average Bonchev–Trinajstić information content (AvgIpc) is 0.745. The minimum absolute atomic E-state index is 0.0128. The fourth-order valence-electron chi connectivity index (χ4n) is 15.3. The third-order valence-corrected chi connectivity index (χ3v) is 25.3. The number of carbonyl (C=O) groups is 16. The van der Waals surface area contributed by atoms with Gasteiger partial charge in [-0.15, -0.1) is 23.5 Å². The Balaban J connectivity index is 0.956. The van der Waals surface area contributed by atoms with Gasteiger partial charge in [0.15, 0.2) is 10.5 Å². The van der Waals surface area contributed by atoms with Gasteiger partial charge in [-0.05, 0) is 156 Å². The lowest BCUT2D eigenvalue weighted by Crippen LogP contribution is -2.55. The van der Waals surface area contributed by atoms with Crippen LogP contribution in [0.25, 0.3) is 33.4 Å². The first-order chi connectivity index (χ1) is 67.4. The lowest BCUT2D eigenvalue weighted by atomic mass is 9.90. The van der Waals surface area contributed by atoms with Crippen LogP contribution in [0.4, 0.5) is 5.69 Å². The summed E-state index contributed by atoms with van der Waals surface area (Å²) < 4.78 is 5.94. The maximum absolute atomic E-state index is 14.8. The summed E-state index contributed by atoms with van der Waals surface area (Å²) in [5.74, 6) is -18.4. The number of aliphatic hydroxyl groups excluding tert-OH is 12. The van der Waals surface area contributed by atoms with Gasteiger partial charge in [0, 0.05) is 133 Å². The largest absolute Gasteiger partial charge is 0.508 e. The molecule has 0 bridgehead atoms. The fourth-order valence-corrected chi connectivity index (χ4v) is 17.3. The molecule has 18 atom stereocenters. The van der Waals surface area contributed by atoms with E-state index in [0.29, 0.717) is 28.3 Å². The minimum atomic E-state index is -1.73. The van der Waals surface area contributed by atoms with E-state index in [9.17, 15) is 163 Å². The molecule has 0 radical (unpaired) electrons. The lowest BCUT2D eigenvalue weighted by molar-refractivity contribution is -0.138. The summed E-state index contributed by atoms with van der Waals surface area (Å²) in [7, 11) is 0. The van der Waals surface area contributed by atoms with E-state index in [4.69, 9.17) is 22.4 Å². The second-order valence-corrected chi connectivity index (χ2v) is 36.5. The number of aromatic carboxylic acids is 1. The van der Waals surface area contributed by atoms with Crippen molar-refractivity contribution in [1.29, 1.82) is 0 Å². The van der Waals surface area contributed by atoms with Gasteiger partial charge < -0.3 is 166 Å². The molecule has 5 aliphatic carbocycles. The monoisotopic (exact) mass is 2050 g/mol. The smallest absolute Gasteiger partial charge is 0.336 e. The van der Waals surface area contributed by atoms with Gasteiger partial charge >= 0.3 is 17.9 Å². The second kappa shape index (κ2) is 56.2. The molecule has 2 aromatic carbocycles. The van der Waals surface area contributed by atoms with Crippen molar-refractivity contribution >= 4 is 152 Å². The number of primary amides is 1. The van der Waals surface area contributed by atoms with Crippen molar-refractivity contribution in [3.63, 3.8) is 0 Å². The van der Waals surface area contributed by atoms with Gasteiger partial charge in [0.25, 0.3) is 0 Å². The standard InChI is InChI=1S/C90H119N15O34S3/c91-69(116)19-24-95-83(131)53(9-4-8-23-96-90(140)99-46-13-16-49(52(33-46)89(137)138)74-50-17-14-47(106)34-67(50)139-68-35-48(107)15-18-51(68)74)103-86(134)54(100-71(118)41-142-39-58(85(133)98-37-73(121)122)105-88(136)56(102-82(130)45-31-65(114)78(126)66(115)32-45)12-3-7-22-94-80(128)43-27-61(110)76(124)62(111)28-43)10-1-5-20-92-70(117)40-141-38-57(84(132)97-36-72(119)120)104-87(135)55(101-81(129)44-29-63(112)77(125)64(113)30-44)11-2-6-21-93-79(127)42-25-59(108)75(123)60(109)26-42/h13-18,25,27,29,31,33-35,53-66,75-78,106,108-115,123-126H,1-12,19-24,26,28,30,32,36-41H2,(H2,91,116)(H,92,117)(H,93,127)(H,94,128)(H,95,131)(H,97,132)(H,98,133)(H,100,118)(H,101,129)(H,102,130)(H,103,134)(H,104,135)(H,105,136)(H,119,120)(H,121,122)(H,137,138)(H2,96,99,140)/t53-,54-,55-,56-,57-,58-,59+,60+,61+,62+,63+,64+,65+,66+,75+,76+,77+,78+/m0/s1. The molecule has 32 N–H and O–H groups in total. The number of hydrogen-bond donors (Lipinski definition) is 31. The van der Waals surface area contributed by atoms with Gasteiger partial charge in [0.05, 0.1) is 41.5 Å². The highest BCUT2D eigenvalue weighted by Gasteiger charge is 2.40. The molecule has 52 heteroatoms. The predicted octanol–water partition coefficient (Wildman–Crippen LogP) is -7.30. The summed E-state index contributed by atoms with van der Waals surface area (Å²) in [4.78, 5) is 227. The Labute approximate surface area is 823 Å². The number of amides is 13. The maximum atomic E-state index is 14.8. The van der Waals surface area contributed by atoms with Gasteiger partial charge in [0.2, 0.25) is 76.8 Å². The summed E-state index contributed by atoms with van der Waals surface area (Å²) >= 11 is 7.01. The van der Waals surface area contributed by atoms with Gasteiger partial charge in [-0.3, -0.25) is 76.7 Å². The number of carboxylic acid groups (broad SMARTS) is 3. The van der Waals surface area contributed by atoms with E-state index >= 15 is 0 Å². The van der Waals surface area contributed by atoms with E-state index < -0.39 is 259 Å². The second-order valence-electron chi connectivity index (χ2n) is 34.0. The normalized spacial score (nSPS) is 21.1. The topological polar surface area (TPSA) is 821 Å². The summed E-state index contributed by atoms with van der Waals surface area (Å²) in [6, 6.07) is 3.16. The minimum Gasteiger partial charge on any atom is -0.508 e. The number of aliphatic hydroxyl groups is 12. The zero-order valence-electron chi connectivity index (χ0n) is 76.5. The summed E-state index contributed by atoms with van der Waals surface area (Å²) in [6.07, 6.45) is -17.1. The highest BCUT2D eigenvalue weighted by molar-refractivity contribution is 8.00. The number of aliphatic carboxylic acids is 2. The number of phenolic OH excluding ortho intramolecular Hbond substituents is 1. The molecule has 8 rings (SSSR count). The molecule has 0 saturated carbocycles. The van der Waals surface area contributed by atoms with Crippen LogP contribution in [-0.4, -0.2) is 360 Å². The van der Waals surface area contributed by atoms with Crippen LogP contribution < -0.4 is 85.6 Å². The number of phenols is 1. The lowest BCUT2D eigenvalue weighted by Gasteiger charge is -2.28. The molecule has 776 valence electrons. The van der Waals surface area contributed by atoms with Crippen LogP contribution in [0.3, 0.4) is 0 Å². The van der Waals surface area contributed by atoms with Crippen molar-refractivity contribution in [2.75, 3.05) is 74.1 Å². The molecule has 142 heavy (non-hydrogen) atoms. The summed E-state index contributed by atoms with van der Waals surface area (Å²) in [5, 5.41) is 198. The molecule has 0 spiro atoms. The van der Waals surface area contributed by atoms with E-state index in [0.717, 1.165) is 36.1 Å². The Bertz CT molecular complexity index is 5390. The Morgan fingerprint density at radius 3 is 1.23 bits per heavy atom. The number of carboxylic acids is 3. The SMILES string of the molecule is NC(=O)CCNC(=O)[C@H](CCCCNC(=S)Nc1ccc(-c2c3ccc(=O)cc-3oc3cc(O)ccc23)c(C(=O)O)c1)NC(=O)[C@H](CCCCNC(=O)CSC[C@H](NC(=O)[C@H](CCCCNC(=O)C1=C[C@@H](O)[C@@H](O)[C@H](O)C1)NC(=O)C1=C[C@@H](O)[C@@H](O)[C@H](O)C1)C(=O)NCC(=O)O)NC(=O)CSC[C@H](NC(=O)[C@H](CCCCNC(=O)C1=C[C@@H](O)[C@@H](O)[C@H](O)C1)NC(=O)C1=C[C@@H](O)[C@@H](O)[C@H](O)C1)C(=O)NCC(=O)O. The molecular formula is C90H119N15O34S3. The number of benzene rings is 3. The number of aromatic hydroxyl groups is 1. The van der Waals surface area contributed by atoms with E-state index in [1.165, 1.54) is 48.5 Å². The van der Waals surface area contributed by atoms with Crippen LogP contribution in [0.2, 0.25) is 0 Å². The van der Waals surface area contributed by atoms with E-state index in [1.807, 2.05) is 0 Å². The van der Waals surface area contributed by atoms with Crippen molar-refractivity contribution in [1.82, 2.24) is 69.1 Å². The number of carbonyl (C=O) groups excluding carboxylic acids is 13. The van der Waals surface area contributed by atoms with Gasteiger partial charge in [-0.1, -0.05) is 6.07 Å². The van der Waals surface area contributed by atoms with Gasteiger partial charge in [-0.2, -0.15) is 0 Å². The Morgan fingerprint density at radius 1 is 0.408 bits per heavy atom. The molecular weight excluding hydrogens is 1930 g/mol. The molecule has 49 nitrogen and oxygen atoms in total. The molecule has 2 aromatic rings. The molecule has 6 aliphatic rings. The van der Waals surface area contributed by atoms with Gasteiger partial charge in [-0.25, -0.2) is 4.79 Å². The first-order valence-corrected chi connectivity index (χ1v) is 48.1. The third kappa shape index (κ3) is 35.8. The van der Waals surface area contributed by atoms with Crippen molar-refractivity contribution < 1.29 is 163 Å². The highest BCUT2D eigenvalue weighted by atomic mass is 32.2. The fraction of sp³-hybridized carbons (Fsp3) is 0.511. The molecule has 1 aliphatic heterocycles. The number of unbranched alkanes of at least 4 members (excludes halogenated alkanes) is 4. The quantitative estimate of drug-likeness (QED) is 0.0111. The molecule has 0 unspecified atom stereocenters. The van der Waals surface area contributed by atoms with Crippen LogP contribution in [-0.2, 0) is 71.9 Å². The molecule has 0 fully saturated rings. The van der Waals surface area contributed by atoms with Crippen LogP contribution in [0, 0.1) is 0 Å². The maximum Gasteiger partial charge on any atom is 0.336 e. The zero-order valence-corrected chi connectivity index (χ0v) is 79.0. The average molecular weight is 2050 g/mol. The first kappa shape index (κ1) is 115. The zero-order chi connectivity index (χ0) is 104. The number of thiocarbonyl (C=S) groups is 1. The van der Waals surface area contributed by atoms with Crippen molar-refractivity contribution in [3.05, 3.63) is 117 Å². The van der Waals surface area contributed by atoms with E-state index in [1.54, 1.807) is 6.07 Å². The third-order valence-electron chi connectivity index (χ3n) is 23.0. The number of nitrogens with two attached hydrogens (primary N) is 1. The Kier molecular flexibility index (Phi) is 45.4. The van der Waals surface area contributed by atoms with Crippen LogP contribution in [0.5, 0.6) is 5.75 Å². The van der Waals surface area contributed by atoms with E-state index in [-0.39, 0.29) is 190 Å². The summed E-state index contributed by atoms with van der Waals surface area (Å²) in [5.41, 5.74) is 5.59. The number of rotatable bonds is 54.